The molecule has 2 aliphatic rings. The Kier molecular flexibility index (Phi) is 7.15. The minimum absolute atomic E-state index is 0. The topological polar surface area (TPSA) is 56.7 Å². The molecule has 0 spiro atoms. The summed E-state index contributed by atoms with van der Waals surface area (Å²) in [5.41, 5.74) is 1.15. The lowest BCUT2D eigenvalue weighted by Crippen LogP contribution is -2.37. The molecule has 4 rings (SSSR count). The number of ether oxygens (including phenoxy) is 3. The van der Waals surface area contributed by atoms with Gasteiger partial charge in [-0.05, 0) is 30.5 Å². The van der Waals surface area contributed by atoms with E-state index < -0.39 is 0 Å². The molecule has 0 saturated carbocycles. The van der Waals surface area contributed by atoms with E-state index in [0.29, 0.717) is 29.9 Å². The molecule has 2 aromatic rings. The van der Waals surface area contributed by atoms with E-state index in [1.807, 2.05) is 6.07 Å². The zero-order valence-corrected chi connectivity index (χ0v) is 17.4. The lowest BCUT2D eigenvalue weighted by Gasteiger charge is -2.32. The quantitative estimate of drug-likeness (QED) is 0.695. The average Bonchev–Trinajstić information content (AvgIpc) is 2.90. The average molecular weight is 457 g/mol. The van der Waals surface area contributed by atoms with Gasteiger partial charge in [-0.2, -0.15) is 0 Å². The lowest BCUT2D eigenvalue weighted by atomic mass is 10.1. The van der Waals surface area contributed by atoms with E-state index in [1.54, 1.807) is 18.6 Å². The van der Waals surface area contributed by atoms with Gasteiger partial charge in [0.15, 0.2) is 11.5 Å². The second kappa shape index (κ2) is 9.57. The fourth-order valence-electron chi connectivity index (χ4n) is 3.34. The second-order valence-corrected chi connectivity index (χ2v) is 7.00. The largest absolute Gasteiger partial charge is 0.489 e. The number of rotatable bonds is 4. The van der Waals surface area contributed by atoms with Crippen LogP contribution in [0.3, 0.4) is 0 Å². The maximum atomic E-state index is 6.39. The van der Waals surface area contributed by atoms with Gasteiger partial charge in [-0.25, -0.2) is 4.98 Å². The highest BCUT2D eigenvalue weighted by Crippen LogP contribution is 2.38. The van der Waals surface area contributed by atoms with Gasteiger partial charge in [-0.1, -0.05) is 11.6 Å². The lowest BCUT2D eigenvalue weighted by molar-refractivity contribution is 0.0928. The Labute approximate surface area is 174 Å². The van der Waals surface area contributed by atoms with Crippen LogP contribution < -0.4 is 14.2 Å². The van der Waals surface area contributed by atoms with Crippen molar-refractivity contribution < 1.29 is 14.2 Å². The van der Waals surface area contributed by atoms with Crippen molar-refractivity contribution >= 4 is 28.6 Å². The van der Waals surface area contributed by atoms with Crippen LogP contribution in [0.5, 0.6) is 17.4 Å². The van der Waals surface area contributed by atoms with Crippen molar-refractivity contribution in [3.8, 4) is 17.4 Å². The second-order valence-electron chi connectivity index (χ2n) is 6.59. The third-order valence-electron chi connectivity index (χ3n) is 4.63. The van der Waals surface area contributed by atoms with Gasteiger partial charge in [0.25, 0.3) is 0 Å². The summed E-state index contributed by atoms with van der Waals surface area (Å²) in [5, 5.41) is 0.625. The molecule has 1 fully saturated rings. The highest BCUT2D eigenvalue weighted by molar-refractivity contribution is 8.93. The number of aromatic nitrogens is 2. The Morgan fingerprint density at radius 3 is 2.74 bits per heavy atom. The van der Waals surface area contributed by atoms with Crippen LogP contribution in [0.15, 0.2) is 30.7 Å². The van der Waals surface area contributed by atoms with E-state index in [0.717, 1.165) is 50.2 Å². The minimum atomic E-state index is 0. The number of piperidine rings is 1. The Bertz CT molecular complexity index is 742. The van der Waals surface area contributed by atoms with Crippen LogP contribution in [0.25, 0.3) is 0 Å². The van der Waals surface area contributed by atoms with Crippen molar-refractivity contribution in [2.75, 3.05) is 26.3 Å². The van der Waals surface area contributed by atoms with Crippen LogP contribution in [0, 0.1) is 0 Å². The first-order valence-electron chi connectivity index (χ1n) is 9.01. The molecule has 0 atom stereocenters. The number of fused-ring (bicyclic) bond motifs is 1. The molecular weight excluding hydrogens is 434 g/mol. The van der Waals surface area contributed by atoms with Crippen molar-refractivity contribution in [3.63, 3.8) is 0 Å². The first kappa shape index (κ1) is 20.2. The van der Waals surface area contributed by atoms with Gasteiger partial charge in [-0.3, -0.25) is 9.88 Å². The standard InChI is InChI=1S/C19H22ClN3O3.BrH/c20-16-10-14(11-17-19(16)25-9-1-8-24-17)13-23-6-2-15(3-7-23)26-18-12-21-4-5-22-18;/h4-5,10-12,15H,1-3,6-9,13H2;1H. The monoisotopic (exact) mass is 455 g/mol. The Morgan fingerprint density at radius 1 is 1.15 bits per heavy atom. The number of nitrogens with zero attached hydrogens (tertiary/aromatic N) is 3. The summed E-state index contributed by atoms with van der Waals surface area (Å²) in [6, 6.07) is 4.03. The molecule has 2 aliphatic heterocycles. The van der Waals surface area contributed by atoms with Crippen LogP contribution in [-0.2, 0) is 6.54 Å². The van der Waals surface area contributed by atoms with Crippen LogP contribution in [0.1, 0.15) is 24.8 Å². The van der Waals surface area contributed by atoms with E-state index >= 15 is 0 Å². The maximum absolute atomic E-state index is 6.39. The molecule has 0 radical (unpaired) electrons. The number of likely N-dealkylation sites (tertiary alicyclic amines) is 1. The van der Waals surface area contributed by atoms with E-state index in [9.17, 15) is 0 Å². The molecule has 146 valence electrons. The predicted molar refractivity (Wildman–Crippen MR) is 108 cm³/mol. The Morgan fingerprint density at radius 2 is 1.96 bits per heavy atom. The van der Waals surface area contributed by atoms with Crippen LogP contribution in [-0.4, -0.2) is 47.3 Å². The molecular formula is C19H23BrClN3O3. The maximum Gasteiger partial charge on any atom is 0.232 e. The fourth-order valence-corrected chi connectivity index (χ4v) is 3.62. The molecule has 0 N–H and O–H groups in total. The molecule has 0 bridgehead atoms. The van der Waals surface area contributed by atoms with Crippen molar-refractivity contribution in [2.45, 2.75) is 31.9 Å². The van der Waals surface area contributed by atoms with E-state index in [2.05, 4.69) is 20.9 Å². The molecule has 0 aliphatic carbocycles. The van der Waals surface area contributed by atoms with Gasteiger partial charge < -0.3 is 14.2 Å². The first-order valence-corrected chi connectivity index (χ1v) is 9.39. The van der Waals surface area contributed by atoms with E-state index in [-0.39, 0.29) is 23.1 Å². The van der Waals surface area contributed by atoms with Crippen LogP contribution >= 0.6 is 28.6 Å². The number of halogens is 2. The van der Waals surface area contributed by atoms with Crippen molar-refractivity contribution in [1.82, 2.24) is 14.9 Å². The molecule has 27 heavy (non-hydrogen) atoms. The Balaban J connectivity index is 0.00000210. The van der Waals surface area contributed by atoms with Crippen molar-refractivity contribution in [3.05, 3.63) is 41.3 Å². The number of hydrogen-bond donors (Lipinski definition) is 0. The fraction of sp³-hybridized carbons (Fsp3) is 0.474. The summed E-state index contributed by atoms with van der Waals surface area (Å²) in [6.45, 7) is 4.09. The third-order valence-corrected chi connectivity index (χ3v) is 4.91. The Hall–Kier alpha value is -1.57. The molecule has 1 saturated heterocycles. The van der Waals surface area contributed by atoms with Gasteiger partial charge >= 0.3 is 0 Å². The first-order chi connectivity index (χ1) is 12.8. The van der Waals surface area contributed by atoms with E-state index in [4.69, 9.17) is 25.8 Å². The van der Waals surface area contributed by atoms with Crippen LogP contribution in [0.2, 0.25) is 5.02 Å². The van der Waals surface area contributed by atoms with Gasteiger partial charge in [0.2, 0.25) is 5.88 Å². The summed E-state index contributed by atoms with van der Waals surface area (Å²) in [7, 11) is 0. The van der Waals surface area contributed by atoms with Gasteiger partial charge in [0, 0.05) is 38.4 Å². The van der Waals surface area contributed by atoms with Gasteiger partial charge in [0.05, 0.1) is 24.4 Å². The summed E-state index contributed by atoms with van der Waals surface area (Å²) < 4.78 is 17.4. The number of benzene rings is 1. The summed E-state index contributed by atoms with van der Waals surface area (Å²) in [5.74, 6) is 2.02. The van der Waals surface area contributed by atoms with Gasteiger partial charge in [0.1, 0.15) is 6.10 Å². The molecule has 1 aromatic heterocycles. The molecule has 8 heteroatoms. The molecule has 1 aromatic carbocycles. The van der Waals surface area contributed by atoms with Crippen molar-refractivity contribution in [1.29, 1.82) is 0 Å². The molecule has 6 nitrogen and oxygen atoms in total. The van der Waals surface area contributed by atoms with Crippen molar-refractivity contribution in [2.24, 2.45) is 0 Å². The summed E-state index contributed by atoms with van der Waals surface area (Å²) >= 11 is 6.39. The minimum Gasteiger partial charge on any atom is -0.489 e. The SMILES string of the molecule is Br.Clc1cc(CN2CCC(Oc3cnccn3)CC2)cc2c1OCCCO2. The van der Waals surface area contributed by atoms with Crippen LogP contribution in [0.4, 0.5) is 0 Å². The van der Waals surface area contributed by atoms with Gasteiger partial charge in [-0.15, -0.1) is 17.0 Å². The zero-order chi connectivity index (χ0) is 17.8. The normalized spacial score (nSPS) is 17.7. The third kappa shape index (κ3) is 5.24. The van der Waals surface area contributed by atoms with E-state index in [1.165, 1.54) is 0 Å². The molecule has 0 amide bonds. The smallest absolute Gasteiger partial charge is 0.232 e. The summed E-state index contributed by atoms with van der Waals surface area (Å²) in [6.07, 6.45) is 7.96. The summed E-state index contributed by atoms with van der Waals surface area (Å²) in [4.78, 5) is 10.6. The highest BCUT2D eigenvalue weighted by atomic mass is 79.9. The predicted octanol–water partition coefficient (Wildman–Crippen LogP) is 3.91. The zero-order valence-electron chi connectivity index (χ0n) is 15.0. The molecule has 0 unspecified atom stereocenters. The number of hydrogen-bond acceptors (Lipinski definition) is 6. The molecule has 3 heterocycles. The highest BCUT2D eigenvalue weighted by Gasteiger charge is 2.22.